The zero-order chi connectivity index (χ0) is 14.6. The molecule has 0 bridgehead atoms. The van der Waals surface area contributed by atoms with E-state index in [1.807, 2.05) is 6.92 Å². The highest BCUT2D eigenvalue weighted by molar-refractivity contribution is 7.92. The van der Waals surface area contributed by atoms with Gasteiger partial charge in [-0.15, -0.1) is 0 Å². The summed E-state index contributed by atoms with van der Waals surface area (Å²) in [6.07, 6.45) is 5.34. The SMILES string of the molecule is CCCNc1ccc(S(=O)(=O)Nc2cnn(C)c2)cn1. The summed E-state index contributed by atoms with van der Waals surface area (Å²) < 4.78 is 28.2. The van der Waals surface area contributed by atoms with E-state index in [0.29, 0.717) is 11.5 Å². The summed E-state index contributed by atoms with van der Waals surface area (Å²) in [5, 5.41) is 6.99. The summed E-state index contributed by atoms with van der Waals surface area (Å²) >= 11 is 0. The molecule has 0 fully saturated rings. The van der Waals surface area contributed by atoms with Crippen LogP contribution in [0.2, 0.25) is 0 Å². The average molecular weight is 295 g/mol. The van der Waals surface area contributed by atoms with Crippen LogP contribution in [-0.2, 0) is 17.1 Å². The van der Waals surface area contributed by atoms with Crippen LogP contribution in [0.3, 0.4) is 0 Å². The Hall–Kier alpha value is -2.09. The Bertz CT molecular complexity index is 663. The molecule has 0 unspecified atom stereocenters. The second kappa shape index (κ2) is 5.91. The summed E-state index contributed by atoms with van der Waals surface area (Å²) in [7, 11) is -1.92. The van der Waals surface area contributed by atoms with Gasteiger partial charge >= 0.3 is 0 Å². The standard InChI is InChI=1S/C12H17N5O2S/c1-3-6-13-12-5-4-11(8-14-12)20(18,19)16-10-7-15-17(2)9-10/h4-5,7-9,16H,3,6H2,1-2H3,(H,13,14). The van der Waals surface area contributed by atoms with Gasteiger partial charge in [0, 0.05) is 26.0 Å². The number of rotatable bonds is 6. The number of pyridine rings is 1. The Morgan fingerprint density at radius 1 is 1.30 bits per heavy atom. The maximum Gasteiger partial charge on any atom is 0.263 e. The fourth-order valence-corrected chi connectivity index (χ4v) is 2.56. The largest absolute Gasteiger partial charge is 0.370 e. The van der Waals surface area contributed by atoms with Crippen molar-refractivity contribution in [2.45, 2.75) is 18.2 Å². The Kier molecular flexibility index (Phi) is 4.23. The van der Waals surface area contributed by atoms with Crippen LogP contribution in [0.1, 0.15) is 13.3 Å². The minimum absolute atomic E-state index is 0.114. The van der Waals surface area contributed by atoms with E-state index in [9.17, 15) is 8.42 Å². The minimum atomic E-state index is -3.63. The third-order valence-corrected chi connectivity index (χ3v) is 3.93. The topological polar surface area (TPSA) is 88.9 Å². The molecule has 0 aliphatic rings. The molecule has 0 saturated heterocycles. The van der Waals surface area contributed by atoms with E-state index < -0.39 is 10.0 Å². The van der Waals surface area contributed by atoms with Crippen LogP contribution in [0, 0.1) is 0 Å². The summed E-state index contributed by atoms with van der Waals surface area (Å²) in [6.45, 7) is 2.84. The van der Waals surface area contributed by atoms with Gasteiger partial charge < -0.3 is 5.32 Å². The van der Waals surface area contributed by atoms with Gasteiger partial charge in [0.25, 0.3) is 10.0 Å². The smallest absolute Gasteiger partial charge is 0.263 e. The maximum absolute atomic E-state index is 12.1. The zero-order valence-corrected chi connectivity index (χ0v) is 12.2. The number of aryl methyl sites for hydroxylation is 1. The molecular weight excluding hydrogens is 278 g/mol. The van der Waals surface area contributed by atoms with E-state index in [1.165, 1.54) is 23.1 Å². The lowest BCUT2D eigenvalue weighted by Crippen LogP contribution is -2.13. The highest BCUT2D eigenvalue weighted by Crippen LogP contribution is 2.15. The van der Waals surface area contributed by atoms with Crippen LogP contribution in [0.25, 0.3) is 0 Å². The van der Waals surface area contributed by atoms with Gasteiger partial charge in [0.05, 0.1) is 11.9 Å². The van der Waals surface area contributed by atoms with Gasteiger partial charge in [0.15, 0.2) is 0 Å². The lowest BCUT2D eigenvalue weighted by atomic mass is 10.4. The quantitative estimate of drug-likeness (QED) is 0.841. The van der Waals surface area contributed by atoms with Crippen LogP contribution in [0.5, 0.6) is 0 Å². The predicted octanol–water partition coefficient (Wildman–Crippen LogP) is 1.44. The molecule has 0 aliphatic carbocycles. The van der Waals surface area contributed by atoms with Crippen LogP contribution in [0.4, 0.5) is 11.5 Å². The van der Waals surface area contributed by atoms with Crippen molar-refractivity contribution in [3.05, 3.63) is 30.7 Å². The van der Waals surface area contributed by atoms with E-state index in [2.05, 4.69) is 20.1 Å². The van der Waals surface area contributed by atoms with Crippen molar-refractivity contribution in [3.8, 4) is 0 Å². The Morgan fingerprint density at radius 3 is 2.65 bits per heavy atom. The summed E-state index contributed by atoms with van der Waals surface area (Å²) in [5.74, 6) is 0.659. The molecule has 0 aliphatic heterocycles. The van der Waals surface area contributed by atoms with Crippen molar-refractivity contribution >= 4 is 21.5 Å². The van der Waals surface area contributed by atoms with Crippen molar-refractivity contribution in [3.63, 3.8) is 0 Å². The molecule has 0 amide bonds. The molecule has 0 radical (unpaired) electrons. The van der Waals surface area contributed by atoms with E-state index in [1.54, 1.807) is 19.3 Å². The molecule has 8 heteroatoms. The first-order valence-electron chi connectivity index (χ1n) is 6.22. The van der Waals surface area contributed by atoms with Crippen LogP contribution in [-0.4, -0.2) is 29.7 Å². The molecule has 0 spiro atoms. The second-order valence-corrected chi connectivity index (χ2v) is 6.00. The number of hydrogen-bond acceptors (Lipinski definition) is 5. The molecule has 0 aromatic carbocycles. The minimum Gasteiger partial charge on any atom is -0.370 e. The lowest BCUT2D eigenvalue weighted by Gasteiger charge is -2.07. The number of sulfonamides is 1. The maximum atomic E-state index is 12.1. The number of hydrogen-bond donors (Lipinski definition) is 2. The van der Waals surface area contributed by atoms with Gasteiger partial charge in [-0.2, -0.15) is 5.10 Å². The van der Waals surface area contributed by atoms with Crippen LogP contribution in [0.15, 0.2) is 35.6 Å². The van der Waals surface area contributed by atoms with Crippen LogP contribution < -0.4 is 10.0 Å². The number of anilines is 2. The normalized spacial score (nSPS) is 11.3. The molecule has 2 heterocycles. The lowest BCUT2D eigenvalue weighted by molar-refractivity contribution is 0.601. The molecule has 0 saturated carbocycles. The molecule has 2 aromatic heterocycles. The first kappa shape index (κ1) is 14.3. The third kappa shape index (κ3) is 3.47. The molecule has 20 heavy (non-hydrogen) atoms. The zero-order valence-electron chi connectivity index (χ0n) is 11.4. The molecule has 108 valence electrons. The predicted molar refractivity (Wildman–Crippen MR) is 77.0 cm³/mol. The fraction of sp³-hybridized carbons (Fsp3) is 0.333. The van der Waals surface area contributed by atoms with E-state index >= 15 is 0 Å². The number of aromatic nitrogens is 3. The number of nitrogens with zero attached hydrogens (tertiary/aromatic N) is 3. The third-order valence-electron chi connectivity index (χ3n) is 2.56. The van der Waals surface area contributed by atoms with Gasteiger partial charge in [-0.05, 0) is 18.6 Å². The highest BCUT2D eigenvalue weighted by Gasteiger charge is 2.15. The Labute approximate surface area is 118 Å². The van der Waals surface area contributed by atoms with Gasteiger partial charge in [0.1, 0.15) is 10.7 Å². The molecule has 0 atom stereocenters. The number of nitrogens with one attached hydrogen (secondary N) is 2. The fourth-order valence-electron chi connectivity index (χ4n) is 1.58. The second-order valence-electron chi connectivity index (χ2n) is 4.31. The highest BCUT2D eigenvalue weighted by atomic mass is 32.2. The van der Waals surface area contributed by atoms with Gasteiger partial charge in [-0.25, -0.2) is 13.4 Å². The van der Waals surface area contributed by atoms with Crippen molar-refractivity contribution < 1.29 is 8.42 Å². The van der Waals surface area contributed by atoms with E-state index in [4.69, 9.17) is 0 Å². The van der Waals surface area contributed by atoms with Gasteiger partial charge in [-0.3, -0.25) is 9.40 Å². The van der Waals surface area contributed by atoms with Gasteiger partial charge in [0.2, 0.25) is 0 Å². The van der Waals surface area contributed by atoms with Crippen molar-refractivity contribution in [2.75, 3.05) is 16.6 Å². The monoisotopic (exact) mass is 295 g/mol. The van der Waals surface area contributed by atoms with Crippen molar-refractivity contribution in [1.82, 2.24) is 14.8 Å². The van der Waals surface area contributed by atoms with Crippen molar-refractivity contribution in [2.24, 2.45) is 7.05 Å². The Morgan fingerprint density at radius 2 is 2.10 bits per heavy atom. The van der Waals surface area contributed by atoms with Crippen molar-refractivity contribution in [1.29, 1.82) is 0 Å². The average Bonchev–Trinajstić information content (AvgIpc) is 2.81. The molecule has 7 nitrogen and oxygen atoms in total. The molecule has 2 rings (SSSR count). The van der Waals surface area contributed by atoms with E-state index in [0.717, 1.165) is 13.0 Å². The summed E-state index contributed by atoms with van der Waals surface area (Å²) in [5.41, 5.74) is 0.417. The molecule has 2 N–H and O–H groups in total. The first-order valence-corrected chi connectivity index (χ1v) is 7.71. The summed E-state index contributed by atoms with van der Waals surface area (Å²) in [6, 6.07) is 3.16. The Balaban J connectivity index is 2.13. The first-order chi connectivity index (χ1) is 9.51. The van der Waals surface area contributed by atoms with Gasteiger partial charge in [-0.1, -0.05) is 6.92 Å². The van der Waals surface area contributed by atoms with Crippen LogP contribution >= 0.6 is 0 Å². The molecule has 2 aromatic rings. The summed E-state index contributed by atoms with van der Waals surface area (Å²) in [4.78, 5) is 4.19. The molecular formula is C12H17N5O2S. The van der Waals surface area contributed by atoms with E-state index in [-0.39, 0.29) is 4.90 Å².